The third-order valence-electron chi connectivity index (χ3n) is 3.32. The zero-order chi connectivity index (χ0) is 18.3. The van der Waals surface area contributed by atoms with E-state index >= 15 is 0 Å². The summed E-state index contributed by atoms with van der Waals surface area (Å²) in [5.74, 6) is 0.729. The van der Waals surface area contributed by atoms with Crippen LogP contribution in [0.25, 0.3) is 0 Å². The van der Waals surface area contributed by atoms with Gasteiger partial charge in [-0.1, -0.05) is 35.9 Å². The Kier molecular flexibility index (Phi) is 7.31. The van der Waals surface area contributed by atoms with Gasteiger partial charge in [0.2, 0.25) is 10.0 Å². The zero-order valence-electron chi connectivity index (χ0n) is 13.6. The summed E-state index contributed by atoms with van der Waals surface area (Å²) in [6, 6.07) is 13.3. The monoisotopic (exact) mass is 399 g/mol. The lowest BCUT2D eigenvalue weighted by atomic mass is 10.2. The van der Waals surface area contributed by atoms with Crippen LogP contribution in [-0.2, 0) is 20.5 Å². The minimum Gasteiger partial charge on any atom is -0.465 e. The van der Waals surface area contributed by atoms with Gasteiger partial charge in [0.1, 0.15) is 0 Å². The Bertz CT molecular complexity index is 840. The molecule has 2 aromatic carbocycles. The van der Waals surface area contributed by atoms with Gasteiger partial charge in [0.25, 0.3) is 0 Å². The Morgan fingerprint density at radius 3 is 2.68 bits per heavy atom. The number of hydrogen-bond donors (Lipinski definition) is 1. The van der Waals surface area contributed by atoms with Crippen LogP contribution in [0.1, 0.15) is 15.9 Å². The highest BCUT2D eigenvalue weighted by Gasteiger charge is 2.16. The first-order valence-corrected chi connectivity index (χ1v) is 10.4. The molecule has 0 unspecified atom stereocenters. The van der Waals surface area contributed by atoms with Crippen molar-refractivity contribution in [2.24, 2.45) is 0 Å². The maximum absolute atomic E-state index is 12.3. The Morgan fingerprint density at radius 2 is 1.96 bits per heavy atom. The predicted molar refractivity (Wildman–Crippen MR) is 101 cm³/mol. The van der Waals surface area contributed by atoms with Crippen molar-refractivity contribution >= 4 is 39.4 Å². The van der Waals surface area contributed by atoms with Crippen molar-refractivity contribution < 1.29 is 17.9 Å². The summed E-state index contributed by atoms with van der Waals surface area (Å²) in [5.41, 5.74) is 1.21. The fourth-order valence-electron chi connectivity index (χ4n) is 2.04. The Hall–Kier alpha value is -1.54. The van der Waals surface area contributed by atoms with Crippen molar-refractivity contribution in [3.8, 4) is 0 Å². The lowest BCUT2D eigenvalue weighted by molar-refractivity contribution is 0.0600. The van der Waals surface area contributed by atoms with Gasteiger partial charge in [-0.2, -0.15) is 11.8 Å². The summed E-state index contributed by atoms with van der Waals surface area (Å²) in [4.78, 5) is 11.5. The highest BCUT2D eigenvalue weighted by Crippen LogP contribution is 2.20. The van der Waals surface area contributed by atoms with Crippen LogP contribution >= 0.6 is 23.4 Å². The second kappa shape index (κ2) is 9.24. The van der Waals surface area contributed by atoms with Gasteiger partial charge >= 0.3 is 5.97 Å². The molecule has 25 heavy (non-hydrogen) atoms. The predicted octanol–water partition coefficient (Wildman–Crippen LogP) is 3.34. The summed E-state index contributed by atoms with van der Waals surface area (Å²) in [5, 5.41) is 0.704. The first kappa shape index (κ1) is 19.8. The van der Waals surface area contributed by atoms with E-state index in [9.17, 15) is 13.2 Å². The van der Waals surface area contributed by atoms with Gasteiger partial charge in [-0.25, -0.2) is 17.9 Å². The third-order valence-corrected chi connectivity index (χ3v) is 6.15. The number of carbonyl (C=O) groups is 1. The molecule has 2 rings (SSSR count). The molecule has 0 saturated carbocycles. The van der Waals surface area contributed by atoms with Crippen molar-refractivity contribution in [1.82, 2.24) is 4.72 Å². The van der Waals surface area contributed by atoms with Crippen LogP contribution in [0.4, 0.5) is 0 Å². The summed E-state index contributed by atoms with van der Waals surface area (Å²) < 4.78 is 31.7. The number of halogens is 1. The fraction of sp³-hybridized carbons (Fsp3) is 0.235. The molecule has 0 bridgehead atoms. The maximum Gasteiger partial charge on any atom is 0.337 e. The molecule has 0 aromatic heterocycles. The third kappa shape index (κ3) is 5.74. The van der Waals surface area contributed by atoms with Crippen LogP contribution in [0.15, 0.2) is 53.4 Å². The summed E-state index contributed by atoms with van der Waals surface area (Å²) >= 11 is 7.66. The summed E-state index contributed by atoms with van der Waals surface area (Å²) in [6.45, 7) is 0.278. The van der Waals surface area contributed by atoms with E-state index < -0.39 is 16.0 Å². The number of carbonyl (C=O) groups excluding carboxylic acids is 1. The number of nitrogens with one attached hydrogen (secondary N) is 1. The highest BCUT2D eigenvalue weighted by molar-refractivity contribution is 7.98. The highest BCUT2D eigenvalue weighted by atomic mass is 35.5. The fourth-order valence-corrected chi connectivity index (χ4v) is 4.39. The minimum atomic E-state index is -3.67. The van der Waals surface area contributed by atoms with E-state index in [1.54, 1.807) is 11.8 Å². The minimum absolute atomic E-state index is 0.0338. The topological polar surface area (TPSA) is 72.5 Å². The Labute approximate surface area is 156 Å². The first-order chi connectivity index (χ1) is 11.9. The molecule has 0 saturated heterocycles. The van der Waals surface area contributed by atoms with Gasteiger partial charge < -0.3 is 4.74 Å². The average molecular weight is 400 g/mol. The SMILES string of the molecule is COC(=O)c1cccc(S(=O)(=O)NCCSCc2ccccc2Cl)c1. The normalized spacial score (nSPS) is 11.3. The first-order valence-electron chi connectivity index (χ1n) is 7.43. The molecule has 0 aliphatic rings. The molecule has 0 fully saturated rings. The van der Waals surface area contributed by atoms with Crippen LogP contribution in [0, 0.1) is 0 Å². The quantitative estimate of drug-likeness (QED) is 0.544. The van der Waals surface area contributed by atoms with Gasteiger partial charge in [-0.3, -0.25) is 0 Å². The van der Waals surface area contributed by atoms with Gasteiger partial charge in [0.05, 0.1) is 17.6 Å². The number of rotatable bonds is 8. The number of thioether (sulfide) groups is 1. The maximum atomic E-state index is 12.3. The summed E-state index contributed by atoms with van der Waals surface area (Å²) in [6.07, 6.45) is 0. The molecule has 8 heteroatoms. The molecule has 0 aliphatic heterocycles. The molecule has 0 amide bonds. The smallest absolute Gasteiger partial charge is 0.337 e. The number of sulfonamides is 1. The molecule has 5 nitrogen and oxygen atoms in total. The lowest BCUT2D eigenvalue weighted by Crippen LogP contribution is -2.26. The molecule has 0 atom stereocenters. The molecule has 0 aliphatic carbocycles. The second-order valence-electron chi connectivity index (χ2n) is 5.06. The molecular formula is C17H18ClNO4S2. The van der Waals surface area contributed by atoms with Gasteiger partial charge in [-0.15, -0.1) is 0 Å². The van der Waals surface area contributed by atoms with E-state index in [1.165, 1.54) is 31.4 Å². The largest absolute Gasteiger partial charge is 0.465 e. The number of methoxy groups -OCH3 is 1. The van der Waals surface area contributed by atoms with Crippen LogP contribution in [0.2, 0.25) is 5.02 Å². The van der Waals surface area contributed by atoms with Gasteiger partial charge in [0, 0.05) is 23.1 Å². The van der Waals surface area contributed by atoms with Crippen molar-refractivity contribution in [2.45, 2.75) is 10.6 Å². The van der Waals surface area contributed by atoms with E-state index in [-0.39, 0.29) is 17.0 Å². The number of esters is 1. The van der Waals surface area contributed by atoms with Gasteiger partial charge in [-0.05, 0) is 29.8 Å². The van der Waals surface area contributed by atoms with Crippen molar-refractivity contribution in [2.75, 3.05) is 19.4 Å². The van der Waals surface area contributed by atoms with E-state index in [0.717, 1.165) is 5.56 Å². The average Bonchev–Trinajstić information content (AvgIpc) is 2.62. The summed E-state index contributed by atoms with van der Waals surface area (Å²) in [7, 11) is -2.43. The van der Waals surface area contributed by atoms with Crippen LogP contribution in [0.3, 0.4) is 0 Å². The van der Waals surface area contributed by atoms with E-state index in [1.807, 2.05) is 24.3 Å². The van der Waals surface area contributed by atoms with E-state index in [4.69, 9.17) is 11.6 Å². The molecule has 0 spiro atoms. The molecule has 0 heterocycles. The van der Waals surface area contributed by atoms with Gasteiger partial charge in [0.15, 0.2) is 0 Å². The van der Waals surface area contributed by atoms with Crippen LogP contribution in [-0.4, -0.2) is 33.8 Å². The van der Waals surface area contributed by atoms with Crippen LogP contribution < -0.4 is 4.72 Å². The van der Waals surface area contributed by atoms with Crippen molar-refractivity contribution in [3.05, 3.63) is 64.7 Å². The Morgan fingerprint density at radius 1 is 1.20 bits per heavy atom. The Balaban J connectivity index is 1.87. The molecule has 0 radical (unpaired) electrons. The molecule has 1 N–H and O–H groups in total. The van der Waals surface area contributed by atoms with Crippen LogP contribution in [0.5, 0.6) is 0 Å². The standard InChI is InChI=1S/C17H18ClNO4S2/c1-23-17(20)13-6-4-7-15(11-13)25(21,22)19-9-10-24-12-14-5-2-3-8-16(14)18/h2-8,11,19H,9-10,12H2,1H3. The molecular weight excluding hydrogens is 382 g/mol. The zero-order valence-corrected chi connectivity index (χ0v) is 16.0. The molecule has 2 aromatic rings. The van der Waals surface area contributed by atoms with Crippen molar-refractivity contribution in [3.63, 3.8) is 0 Å². The second-order valence-corrected chi connectivity index (χ2v) is 8.34. The van der Waals surface area contributed by atoms with E-state index in [0.29, 0.717) is 16.5 Å². The van der Waals surface area contributed by atoms with Crippen molar-refractivity contribution in [1.29, 1.82) is 0 Å². The number of benzene rings is 2. The molecule has 134 valence electrons. The van der Waals surface area contributed by atoms with E-state index in [2.05, 4.69) is 9.46 Å². The number of ether oxygens (including phenoxy) is 1. The number of hydrogen-bond acceptors (Lipinski definition) is 5. The lowest BCUT2D eigenvalue weighted by Gasteiger charge is -2.08.